The number of nitrogens with zero attached hydrogens (tertiary/aromatic N) is 1. The quantitative estimate of drug-likeness (QED) is 0.581. The van der Waals surface area contributed by atoms with Crippen LogP contribution in [-0.2, 0) is 15.0 Å². The van der Waals surface area contributed by atoms with Gasteiger partial charge in [0.15, 0.2) is 0 Å². The fourth-order valence-electron chi connectivity index (χ4n) is 1.09. The normalized spacial score (nSPS) is 9.19. The SMILES string of the molecule is CC(C)(C)c1ccc(N=C=O)cc1.N=C=O. The van der Waals surface area contributed by atoms with E-state index in [4.69, 9.17) is 10.2 Å². The van der Waals surface area contributed by atoms with Crippen molar-refractivity contribution in [1.82, 2.24) is 0 Å². The van der Waals surface area contributed by atoms with Crippen molar-refractivity contribution >= 4 is 17.8 Å². The predicted octanol–water partition coefficient (Wildman–Crippen LogP) is 2.85. The predicted molar refractivity (Wildman–Crippen MR) is 61.3 cm³/mol. The average molecular weight is 218 g/mol. The van der Waals surface area contributed by atoms with Gasteiger partial charge in [-0.1, -0.05) is 32.9 Å². The maximum absolute atomic E-state index is 9.96. The summed E-state index contributed by atoms with van der Waals surface area (Å²) in [6, 6.07) is 7.61. The lowest BCUT2D eigenvalue weighted by molar-refractivity contribution is 0.562. The van der Waals surface area contributed by atoms with Gasteiger partial charge in [0.25, 0.3) is 0 Å². The maximum Gasteiger partial charge on any atom is 0.240 e. The van der Waals surface area contributed by atoms with Crippen LogP contribution >= 0.6 is 0 Å². The van der Waals surface area contributed by atoms with Gasteiger partial charge in [0.1, 0.15) is 0 Å². The molecule has 1 N–H and O–H groups in total. The van der Waals surface area contributed by atoms with Crippen molar-refractivity contribution in [2.45, 2.75) is 26.2 Å². The first-order valence-corrected chi connectivity index (χ1v) is 4.68. The third kappa shape index (κ3) is 5.01. The highest BCUT2D eigenvalue weighted by Gasteiger charge is 2.12. The van der Waals surface area contributed by atoms with Gasteiger partial charge in [0, 0.05) is 0 Å². The van der Waals surface area contributed by atoms with E-state index < -0.39 is 0 Å². The highest BCUT2D eigenvalue weighted by molar-refractivity contribution is 5.49. The Bertz CT molecular complexity index is 404. The molecule has 0 unspecified atom stereocenters. The van der Waals surface area contributed by atoms with E-state index in [0.717, 1.165) is 6.08 Å². The molecule has 0 bridgehead atoms. The molecule has 0 saturated heterocycles. The van der Waals surface area contributed by atoms with Gasteiger partial charge in [-0.3, -0.25) is 0 Å². The number of isocyanates is 2. The molecule has 0 spiro atoms. The molecule has 1 aromatic rings. The molecule has 1 rings (SSSR count). The highest BCUT2D eigenvalue weighted by atomic mass is 16.1. The zero-order valence-electron chi connectivity index (χ0n) is 9.57. The summed E-state index contributed by atoms with van der Waals surface area (Å²) < 4.78 is 0. The number of benzene rings is 1. The van der Waals surface area contributed by atoms with E-state index in [-0.39, 0.29) is 5.41 Å². The largest absolute Gasteiger partial charge is 0.240 e. The second-order valence-corrected chi connectivity index (χ2v) is 4.10. The Morgan fingerprint density at radius 2 is 1.56 bits per heavy atom. The molecule has 4 nitrogen and oxygen atoms in total. The average Bonchev–Trinajstić information content (AvgIpc) is 2.19. The third-order valence-electron chi connectivity index (χ3n) is 1.91. The highest BCUT2D eigenvalue weighted by Crippen LogP contribution is 2.23. The van der Waals surface area contributed by atoms with Crippen LogP contribution in [0.1, 0.15) is 26.3 Å². The van der Waals surface area contributed by atoms with E-state index in [1.54, 1.807) is 0 Å². The fraction of sp³-hybridized carbons (Fsp3) is 0.333. The minimum Gasteiger partial charge on any atom is -0.222 e. The summed E-state index contributed by atoms with van der Waals surface area (Å²) in [6.07, 6.45) is 2.27. The van der Waals surface area contributed by atoms with Gasteiger partial charge in [0.2, 0.25) is 12.2 Å². The molecule has 1 aromatic carbocycles. The van der Waals surface area contributed by atoms with Gasteiger partial charge in [0.05, 0.1) is 5.69 Å². The second-order valence-electron chi connectivity index (χ2n) is 4.10. The van der Waals surface area contributed by atoms with Gasteiger partial charge in [-0.15, -0.1) is 0 Å². The minimum atomic E-state index is 0.142. The molecule has 0 saturated carbocycles. The van der Waals surface area contributed by atoms with Crippen LogP contribution < -0.4 is 0 Å². The summed E-state index contributed by atoms with van der Waals surface area (Å²) >= 11 is 0. The van der Waals surface area contributed by atoms with E-state index in [2.05, 4.69) is 25.8 Å². The molecule has 0 radical (unpaired) electrons. The second kappa shape index (κ2) is 6.46. The lowest BCUT2D eigenvalue weighted by atomic mass is 9.87. The Morgan fingerprint density at radius 1 is 1.12 bits per heavy atom. The minimum absolute atomic E-state index is 0.142. The van der Waals surface area contributed by atoms with Crippen LogP contribution in [0.2, 0.25) is 0 Å². The summed E-state index contributed by atoms with van der Waals surface area (Å²) in [5, 5.41) is 5.40. The molecule has 16 heavy (non-hydrogen) atoms. The Kier molecular flexibility index (Phi) is 5.65. The molecule has 0 amide bonds. The summed E-state index contributed by atoms with van der Waals surface area (Å²) in [5.74, 6) is 0. The van der Waals surface area contributed by atoms with Crippen LogP contribution in [0.25, 0.3) is 0 Å². The zero-order chi connectivity index (χ0) is 12.6. The number of carbonyl (C=O) groups excluding carboxylic acids is 2. The van der Waals surface area contributed by atoms with Crippen molar-refractivity contribution in [2.24, 2.45) is 4.99 Å². The van der Waals surface area contributed by atoms with Gasteiger partial charge >= 0.3 is 0 Å². The molecule has 0 atom stereocenters. The maximum atomic E-state index is 9.96. The third-order valence-corrected chi connectivity index (χ3v) is 1.91. The van der Waals surface area contributed by atoms with Crippen molar-refractivity contribution in [3.63, 3.8) is 0 Å². The molecule has 4 heteroatoms. The van der Waals surface area contributed by atoms with E-state index in [1.807, 2.05) is 24.3 Å². The Labute approximate surface area is 94.5 Å². The Morgan fingerprint density at radius 3 is 1.88 bits per heavy atom. The van der Waals surface area contributed by atoms with Crippen LogP contribution in [0.3, 0.4) is 0 Å². The molecular weight excluding hydrogens is 204 g/mol. The van der Waals surface area contributed by atoms with Gasteiger partial charge in [-0.2, -0.15) is 4.99 Å². The molecule has 0 aliphatic heterocycles. The topological polar surface area (TPSA) is 70.3 Å². The molecule has 0 aliphatic carbocycles. The van der Waals surface area contributed by atoms with Gasteiger partial charge in [-0.05, 0) is 23.1 Å². The number of aliphatic imine (C=N–C) groups is 1. The number of hydrogen-bond donors (Lipinski definition) is 1. The number of hydrogen-bond acceptors (Lipinski definition) is 4. The van der Waals surface area contributed by atoms with E-state index in [9.17, 15) is 4.79 Å². The van der Waals surface area contributed by atoms with E-state index >= 15 is 0 Å². The van der Waals surface area contributed by atoms with E-state index in [1.165, 1.54) is 11.6 Å². The van der Waals surface area contributed by atoms with Crippen LogP contribution in [0.15, 0.2) is 29.3 Å². The molecule has 0 fully saturated rings. The van der Waals surface area contributed by atoms with Crippen molar-refractivity contribution in [2.75, 3.05) is 0 Å². The van der Waals surface area contributed by atoms with Crippen molar-refractivity contribution < 1.29 is 9.59 Å². The molecule has 84 valence electrons. The van der Waals surface area contributed by atoms with Crippen LogP contribution in [0, 0.1) is 5.41 Å². The Hall–Kier alpha value is -2.02. The zero-order valence-corrected chi connectivity index (χ0v) is 9.57. The van der Waals surface area contributed by atoms with Crippen LogP contribution in [-0.4, -0.2) is 12.2 Å². The summed E-state index contributed by atoms with van der Waals surface area (Å²) in [7, 11) is 0. The molecule has 0 aliphatic rings. The number of rotatable bonds is 1. The first-order valence-electron chi connectivity index (χ1n) is 4.68. The smallest absolute Gasteiger partial charge is 0.222 e. The van der Waals surface area contributed by atoms with Crippen molar-refractivity contribution in [3.8, 4) is 0 Å². The fourth-order valence-corrected chi connectivity index (χ4v) is 1.09. The Balaban J connectivity index is 0.000000673. The summed E-state index contributed by atoms with van der Waals surface area (Å²) in [5.41, 5.74) is 2.03. The van der Waals surface area contributed by atoms with E-state index in [0.29, 0.717) is 5.69 Å². The first-order chi connectivity index (χ1) is 7.45. The molecule has 0 aromatic heterocycles. The summed E-state index contributed by atoms with van der Waals surface area (Å²) in [6.45, 7) is 6.43. The van der Waals surface area contributed by atoms with Gasteiger partial charge < -0.3 is 0 Å². The summed E-state index contributed by atoms with van der Waals surface area (Å²) in [4.78, 5) is 21.8. The molecule has 0 heterocycles. The standard InChI is InChI=1S/C11H13NO.CHNO/c1-11(2,3)9-4-6-10(7-5-9)12-8-13;2-1-3/h4-7H,1-3H3;2H. The monoisotopic (exact) mass is 218 g/mol. The molecular formula is C12H14N2O2. The van der Waals surface area contributed by atoms with Crippen molar-refractivity contribution in [1.29, 1.82) is 5.41 Å². The van der Waals surface area contributed by atoms with Crippen LogP contribution in [0.5, 0.6) is 0 Å². The van der Waals surface area contributed by atoms with Gasteiger partial charge in [-0.25, -0.2) is 15.0 Å². The van der Waals surface area contributed by atoms with Crippen LogP contribution in [0.4, 0.5) is 5.69 Å². The van der Waals surface area contributed by atoms with Crippen molar-refractivity contribution in [3.05, 3.63) is 29.8 Å². The lowest BCUT2D eigenvalue weighted by Gasteiger charge is -2.18. The first kappa shape index (κ1) is 14.0. The number of nitrogens with one attached hydrogen (secondary N) is 1. The lowest BCUT2D eigenvalue weighted by Crippen LogP contribution is -2.10.